The number of carboxylic acid groups (broad SMARTS) is 1. The van der Waals surface area contributed by atoms with Crippen molar-refractivity contribution in [3.63, 3.8) is 0 Å². The number of aliphatic carboxylic acids is 1. The zero-order valence-corrected chi connectivity index (χ0v) is 20.4. The molecular weight excluding hydrogens is 474 g/mol. The zero-order valence-electron chi connectivity index (χ0n) is 18.7. The van der Waals surface area contributed by atoms with Gasteiger partial charge in [0.2, 0.25) is 17.7 Å². The van der Waals surface area contributed by atoms with Gasteiger partial charge in [0, 0.05) is 12.3 Å². The standard InChI is InChI=1S/C18H35N7O6S2/c1-9(26)13(25-14(27)10(19)5-7-33-2)16(29)23-11(4-3-6-22-18(20)21)15(28)24-12(8-32)17(30)31/h9-13,26,32H,3-8,19H2,1-2H3,(H,23,29)(H,24,28)(H,25,27)(H,30,31)(H4,20,21,22). The number of aliphatic hydroxyl groups is 1. The number of aliphatic imine (C=N–C) groups is 1. The predicted octanol–water partition coefficient (Wildman–Crippen LogP) is -3.03. The van der Waals surface area contributed by atoms with Crippen molar-refractivity contribution in [2.45, 2.75) is 56.5 Å². The van der Waals surface area contributed by atoms with E-state index in [-0.39, 0.29) is 31.1 Å². The van der Waals surface area contributed by atoms with Crippen LogP contribution in [-0.4, -0.2) is 94.4 Å². The van der Waals surface area contributed by atoms with Crippen LogP contribution in [0.3, 0.4) is 0 Å². The van der Waals surface area contributed by atoms with Crippen LogP contribution in [0.1, 0.15) is 26.2 Å². The monoisotopic (exact) mass is 509 g/mol. The quantitative estimate of drug-likeness (QED) is 0.0441. The highest BCUT2D eigenvalue weighted by Crippen LogP contribution is 2.04. The fraction of sp³-hybridized carbons (Fsp3) is 0.722. The number of nitrogens with two attached hydrogens (primary N) is 3. The molecule has 0 bridgehead atoms. The Morgan fingerprint density at radius 2 is 1.64 bits per heavy atom. The number of rotatable bonds is 16. The van der Waals surface area contributed by atoms with Gasteiger partial charge in [-0.2, -0.15) is 24.4 Å². The van der Waals surface area contributed by atoms with E-state index in [1.807, 2.05) is 6.26 Å². The first-order chi connectivity index (χ1) is 15.4. The molecule has 0 heterocycles. The Kier molecular flexibility index (Phi) is 15.3. The molecule has 3 amide bonds. The van der Waals surface area contributed by atoms with E-state index >= 15 is 0 Å². The third-order valence-corrected chi connectivity index (χ3v) is 5.42. The first-order valence-corrected chi connectivity index (χ1v) is 12.2. The molecule has 0 radical (unpaired) electrons. The van der Waals surface area contributed by atoms with E-state index in [9.17, 15) is 24.3 Å². The van der Waals surface area contributed by atoms with Crippen molar-refractivity contribution in [2.24, 2.45) is 22.2 Å². The lowest BCUT2D eigenvalue weighted by molar-refractivity contribution is -0.141. The number of hydrogen-bond acceptors (Lipinski definition) is 9. The highest BCUT2D eigenvalue weighted by molar-refractivity contribution is 7.98. The Hall–Kier alpha value is -2.23. The minimum absolute atomic E-state index is 0.0565. The van der Waals surface area contributed by atoms with Crippen molar-refractivity contribution in [1.82, 2.24) is 16.0 Å². The van der Waals surface area contributed by atoms with Crippen LogP contribution >= 0.6 is 24.4 Å². The molecule has 11 N–H and O–H groups in total. The molecule has 0 rings (SSSR count). The van der Waals surface area contributed by atoms with Crippen molar-refractivity contribution in [1.29, 1.82) is 0 Å². The maximum atomic E-state index is 12.8. The Balaban J connectivity index is 5.40. The summed E-state index contributed by atoms with van der Waals surface area (Å²) in [7, 11) is 0. The number of carbonyl (C=O) groups is 4. The Labute approximate surface area is 202 Å². The lowest BCUT2D eigenvalue weighted by Crippen LogP contribution is -2.59. The second-order valence-electron chi connectivity index (χ2n) is 7.21. The molecule has 5 unspecified atom stereocenters. The molecule has 33 heavy (non-hydrogen) atoms. The number of carboxylic acids is 1. The summed E-state index contributed by atoms with van der Waals surface area (Å²) in [6.07, 6.45) is 1.27. The molecular formula is C18H35N7O6S2. The van der Waals surface area contributed by atoms with Gasteiger partial charge in [-0.3, -0.25) is 19.4 Å². The van der Waals surface area contributed by atoms with Gasteiger partial charge in [0.05, 0.1) is 12.1 Å². The lowest BCUT2D eigenvalue weighted by atomic mass is 10.1. The number of thioether (sulfide) groups is 1. The van der Waals surface area contributed by atoms with E-state index in [0.717, 1.165) is 0 Å². The number of hydrogen-bond donors (Lipinski definition) is 9. The predicted molar refractivity (Wildman–Crippen MR) is 130 cm³/mol. The summed E-state index contributed by atoms with van der Waals surface area (Å²) < 4.78 is 0. The molecule has 0 fully saturated rings. The van der Waals surface area contributed by atoms with Crippen LogP contribution in [0.5, 0.6) is 0 Å². The summed E-state index contributed by atoms with van der Waals surface area (Å²) in [6, 6.07) is -4.72. The number of amides is 3. The average Bonchev–Trinajstić information content (AvgIpc) is 2.74. The van der Waals surface area contributed by atoms with Crippen LogP contribution in [0.15, 0.2) is 4.99 Å². The van der Waals surface area contributed by atoms with E-state index in [0.29, 0.717) is 12.2 Å². The van der Waals surface area contributed by atoms with Crippen molar-refractivity contribution in [2.75, 3.05) is 24.3 Å². The summed E-state index contributed by atoms with van der Waals surface area (Å²) >= 11 is 5.40. The third kappa shape index (κ3) is 12.6. The fourth-order valence-electron chi connectivity index (χ4n) is 2.53. The molecule has 5 atom stereocenters. The van der Waals surface area contributed by atoms with E-state index in [1.165, 1.54) is 18.7 Å². The van der Waals surface area contributed by atoms with E-state index in [2.05, 4.69) is 33.6 Å². The van der Waals surface area contributed by atoms with Crippen molar-refractivity contribution in [3.8, 4) is 0 Å². The van der Waals surface area contributed by atoms with Gasteiger partial charge in [-0.05, 0) is 38.2 Å². The molecule has 0 aromatic heterocycles. The van der Waals surface area contributed by atoms with Gasteiger partial charge in [0.15, 0.2) is 5.96 Å². The van der Waals surface area contributed by atoms with Gasteiger partial charge in [0.25, 0.3) is 0 Å². The van der Waals surface area contributed by atoms with Crippen LogP contribution < -0.4 is 33.2 Å². The van der Waals surface area contributed by atoms with Gasteiger partial charge in [-0.15, -0.1) is 0 Å². The summed E-state index contributed by atoms with van der Waals surface area (Å²) in [5.74, 6) is -3.21. The lowest BCUT2D eigenvalue weighted by Gasteiger charge is -2.26. The second-order valence-corrected chi connectivity index (χ2v) is 8.56. The van der Waals surface area contributed by atoms with Gasteiger partial charge >= 0.3 is 5.97 Å². The van der Waals surface area contributed by atoms with Crippen molar-refractivity contribution in [3.05, 3.63) is 0 Å². The SMILES string of the molecule is CSCCC(N)C(=O)NC(C(=O)NC(CCCN=C(N)N)C(=O)NC(CS)C(=O)O)C(C)O. The van der Waals surface area contributed by atoms with Crippen LogP contribution in [0.2, 0.25) is 0 Å². The third-order valence-electron chi connectivity index (χ3n) is 4.41. The molecule has 0 aliphatic carbocycles. The largest absolute Gasteiger partial charge is 0.480 e. The molecule has 0 aromatic carbocycles. The first-order valence-electron chi connectivity index (χ1n) is 10.2. The van der Waals surface area contributed by atoms with E-state index in [4.69, 9.17) is 22.3 Å². The van der Waals surface area contributed by atoms with Gasteiger partial charge < -0.3 is 43.4 Å². The first kappa shape index (κ1) is 30.8. The minimum atomic E-state index is -1.38. The Bertz CT molecular complexity index is 691. The molecule has 0 saturated heterocycles. The number of nitrogens with one attached hydrogen (secondary N) is 3. The van der Waals surface area contributed by atoms with Gasteiger partial charge in [-0.1, -0.05) is 0 Å². The molecule has 0 aliphatic rings. The fourth-order valence-corrected chi connectivity index (χ4v) is 3.27. The molecule has 0 aromatic rings. The normalized spacial score (nSPS) is 15.3. The van der Waals surface area contributed by atoms with Crippen molar-refractivity contribution < 1.29 is 29.4 Å². The smallest absolute Gasteiger partial charge is 0.327 e. The maximum Gasteiger partial charge on any atom is 0.327 e. The number of aliphatic hydroxyl groups excluding tert-OH is 1. The molecule has 0 aliphatic heterocycles. The maximum absolute atomic E-state index is 12.8. The summed E-state index contributed by atoms with van der Waals surface area (Å²) in [6.45, 7) is 1.46. The number of carbonyl (C=O) groups excluding carboxylic acids is 3. The minimum Gasteiger partial charge on any atom is -0.480 e. The van der Waals surface area contributed by atoms with Gasteiger partial charge in [-0.25, -0.2) is 4.79 Å². The Morgan fingerprint density at radius 1 is 1.03 bits per heavy atom. The van der Waals surface area contributed by atoms with Crippen LogP contribution in [-0.2, 0) is 19.2 Å². The highest BCUT2D eigenvalue weighted by Gasteiger charge is 2.32. The number of guanidine groups is 1. The summed E-state index contributed by atoms with van der Waals surface area (Å²) in [5, 5.41) is 26.3. The van der Waals surface area contributed by atoms with E-state index in [1.54, 1.807) is 0 Å². The summed E-state index contributed by atoms with van der Waals surface area (Å²) in [5.41, 5.74) is 16.3. The average molecular weight is 510 g/mol. The van der Waals surface area contributed by atoms with Crippen LogP contribution in [0.4, 0.5) is 0 Å². The van der Waals surface area contributed by atoms with Crippen LogP contribution in [0.25, 0.3) is 0 Å². The van der Waals surface area contributed by atoms with E-state index < -0.39 is 54.0 Å². The molecule has 13 nitrogen and oxygen atoms in total. The highest BCUT2D eigenvalue weighted by atomic mass is 32.2. The molecule has 0 saturated carbocycles. The van der Waals surface area contributed by atoms with Crippen LogP contribution in [0, 0.1) is 0 Å². The second kappa shape index (κ2) is 16.4. The molecule has 190 valence electrons. The van der Waals surface area contributed by atoms with Crippen molar-refractivity contribution >= 4 is 54.0 Å². The number of nitrogens with zero attached hydrogens (tertiary/aromatic N) is 1. The van der Waals surface area contributed by atoms with Gasteiger partial charge in [0.1, 0.15) is 18.1 Å². The zero-order chi connectivity index (χ0) is 25.6. The topological polar surface area (TPSA) is 235 Å². The molecule has 15 heteroatoms. The number of thiol groups is 1. The summed E-state index contributed by atoms with van der Waals surface area (Å²) in [4.78, 5) is 52.7. The Morgan fingerprint density at radius 3 is 2.12 bits per heavy atom. The molecule has 0 spiro atoms.